The maximum absolute atomic E-state index is 11.9. The Bertz CT molecular complexity index is 623. The first-order chi connectivity index (χ1) is 9.24. The molecule has 98 valence electrons. The monoisotopic (exact) mass is 277 g/mol. The molecule has 0 N–H and O–H groups in total. The average molecular weight is 277 g/mol. The fourth-order valence-corrected chi connectivity index (χ4v) is 2.39. The SMILES string of the molecule is Cc1ncsc1COC(=O)c1ccc2c(c1)OCO2. The van der Waals surface area contributed by atoms with E-state index in [9.17, 15) is 4.79 Å². The van der Waals surface area contributed by atoms with Crippen LogP contribution < -0.4 is 9.47 Å². The van der Waals surface area contributed by atoms with Gasteiger partial charge in [-0.1, -0.05) is 0 Å². The molecule has 0 bridgehead atoms. The van der Waals surface area contributed by atoms with Crippen molar-refractivity contribution in [3.63, 3.8) is 0 Å². The summed E-state index contributed by atoms with van der Waals surface area (Å²) in [7, 11) is 0. The maximum Gasteiger partial charge on any atom is 0.338 e. The second kappa shape index (κ2) is 4.89. The van der Waals surface area contributed by atoms with E-state index in [0.29, 0.717) is 17.1 Å². The number of benzene rings is 1. The highest BCUT2D eigenvalue weighted by Crippen LogP contribution is 2.32. The number of rotatable bonds is 3. The van der Waals surface area contributed by atoms with Gasteiger partial charge in [0.2, 0.25) is 6.79 Å². The first-order valence-corrected chi connectivity index (χ1v) is 6.58. The van der Waals surface area contributed by atoms with E-state index in [-0.39, 0.29) is 19.4 Å². The molecule has 0 amide bonds. The van der Waals surface area contributed by atoms with Crippen molar-refractivity contribution >= 4 is 17.3 Å². The lowest BCUT2D eigenvalue weighted by atomic mass is 10.2. The second-order valence-electron chi connectivity index (χ2n) is 4.01. The van der Waals surface area contributed by atoms with Crippen LogP contribution in [0.1, 0.15) is 20.9 Å². The van der Waals surface area contributed by atoms with Gasteiger partial charge in [-0.3, -0.25) is 0 Å². The third kappa shape index (κ3) is 2.39. The van der Waals surface area contributed by atoms with Gasteiger partial charge in [0.15, 0.2) is 11.5 Å². The van der Waals surface area contributed by atoms with E-state index >= 15 is 0 Å². The standard InChI is InChI=1S/C13H11NO4S/c1-8-12(19-6-14-8)5-16-13(15)9-2-3-10-11(4-9)18-7-17-10/h2-4,6H,5,7H2,1H3. The molecule has 1 aliphatic rings. The van der Waals surface area contributed by atoms with Gasteiger partial charge in [0, 0.05) is 0 Å². The zero-order chi connectivity index (χ0) is 13.2. The first-order valence-electron chi connectivity index (χ1n) is 5.70. The number of carbonyl (C=O) groups excluding carboxylic acids is 1. The number of esters is 1. The Labute approximate surface area is 113 Å². The van der Waals surface area contributed by atoms with Gasteiger partial charge in [-0.05, 0) is 25.1 Å². The molecular formula is C13H11NO4S. The minimum absolute atomic E-state index is 0.188. The van der Waals surface area contributed by atoms with Gasteiger partial charge in [0.1, 0.15) is 6.61 Å². The second-order valence-corrected chi connectivity index (χ2v) is 4.94. The highest BCUT2D eigenvalue weighted by atomic mass is 32.1. The first kappa shape index (κ1) is 12.0. The summed E-state index contributed by atoms with van der Waals surface area (Å²) in [5.41, 5.74) is 3.08. The highest BCUT2D eigenvalue weighted by Gasteiger charge is 2.17. The fraction of sp³-hybridized carbons (Fsp3) is 0.231. The Morgan fingerprint density at radius 1 is 1.42 bits per heavy atom. The van der Waals surface area contributed by atoms with Crippen LogP contribution in [0, 0.1) is 6.92 Å². The number of aromatic nitrogens is 1. The van der Waals surface area contributed by atoms with E-state index in [1.54, 1.807) is 23.7 Å². The van der Waals surface area contributed by atoms with Gasteiger partial charge in [0.25, 0.3) is 0 Å². The van der Waals surface area contributed by atoms with E-state index in [1.165, 1.54) is 11.3 Å². The van der Waals surface area contributed by atoms with E-state index in [2.05, 4.69) is 4.98 Å². The van der Waals surface area contributed by atoms with Crippen LogP contribution in [0.15, 0.2) is 23.7 Å². The molecule has 0 fully saturated rings. The fourth-order valence-electron chi connectivity index (χ4n) is 1.70. The minimum Gasteiger partial charge on any atom is -0.456 e. The third-order valence-corrected chi connectivity index (χ3v) is 3.70. The Hall–Kier alpha value is -2.08. The van der Waals surface area contributed by atoms with Gasteiger partial charge in [-0.2, -0.15) is 0 Å². The Morgan fingerprint density at radius 2 is 2.26 bits per heavy atom. The summed E-state index contributed by atoms with van der Waals surface area (Å²) >= 11 is 1.47. The summed E-state index contributed by atoms with van der Waals surface area (Å²) in [6.45, 7) is 2.32. The number of thiazole rings is 1. The van der Waals surface area contributed by atoms with E-state index in [4.69, 9.17) is 14.2 Å². The largest absolute Gasteiger partial charge is 0.456 e. The predicted molar refractivity (Wildman–Crippen MR) is 68.5 cm³/mol. The van der Waals surface area contributed by atoms with Crippen LogP contribution in [0.5, 0.6) is 11.5 Å². The summed E-state index contributed by atoms with van der Waals surface area (Å²) in [5.74, 6) is 0.837. The minimum atomic E-state index is -0.383. The van der Waals surface area contributed by atoms with E-state index < -0.39 is 0 Å². The lowest BCUT2D eigenvalue weighted by Gasteiger charge is -2.04. The maximum atomic E-state index is 11.9. The molecule has 0 aliphatic carbocycles. The molecule has 6 heteroatoms. The number of aryl methyl sites for hydroxylation is 1. The number of hydrogen-bond donors (Lipinski definition) is 0. The molecular weight excluding hydrogens is 266 g/mol. The van der Waals surface area contributed by atoms with Crippen molar-refractivity contribution < 1.29 is 19.0 Å². The molecule has 1 aliphatic heterocycles. The molecule has 0 unspecified atom stereocenters. The molecule has 19 heavy (non-hydrogen) atoms. The van der Waals surface area contributed by atoms with Gasteiger partial charge < -0.3 is 14.2 Å². The summed E-state index contributed by atoms with van der Waals surface area (Å²) in [6.07, 6.45) is 0. The van der Waals surface area contributed by atoms with Crippen LogP contribution in [0.25, 0.3) is 0 Å². The summed E-state index contributed by atoms with van der Waals surface area (Å²) in [4.78, 5) is 17.0. The number of hydrogen-bond acceptors (Lipinski definition) is 6. The van der Waals surface area contributed by atoms with Crippen LogP contribution in [0.2, 0.25) is 0 Å². The normalized spacial score (nSPS) is 12.5. The Kier molecular flexibility index (Phi) is 3.08. The molecule has 0 saturated heterocycles. The summed E-state index contributed by atoms with van der Waals surface area (Å²) in [5, 5.41) is 0. The van der Waals surface area contributed by atoms with Crippen LogP contribution in [0.3, 0.4) is 0 Å². The topological polar surface area (TPSA) is 57.7 Å². The van der Waals surface area contributed by atoms with Crippen molar-refractivity contribution in [2.45, 2.75) is 13.5 Å². The molecule has 1 aromatic heterocycles. The molecule has 1 aromatic carbocycles. The van der Waals surface area contributed by atoms with Gasteiger partial charge in [-0.15, -0.1) is 11.3 Å². The van der Waals surface area contributed by atoms with Crippen LogP contribution >= 0.6 is 11.3 Å². The van der Waals surface area contributed by atoms with Gasteiger partial charge in [0.05, 0.1) is 21.6 Å². The molecule has 0 saturated carbocycles. The number of fused-ring (bicyclic) bond motifs is 1. The van der Waals surface area contributed by atoms with Crippen molar-refractivity contribution in [1.29, 1.82) is 0 Å². The average Bonchev–Trinajstić information content (AvgIpc) is 3.03. The Balaban J connectivity index is 1.69. The molecule has 2 aromatic rings. The predicted octanol–water partition coefficient (Wildman–Crippen LogP) is 2.54. The lowest BCUT2D eigenvalue weighted by molar-refractivity contribution is 0.0475. The highest BCUT2D eigenvalue weighted by molar-refractivity contribution is 7.09. The smallest absolute Gasteiger partial charge is 0.338 e. The molecule has 0 spiro atoms. The molecule has 0 atom stereocenters. The van der Waals surface area contributed by atoms with Crippen LogP contribution in [-0.4, -0.2) is 17.7 Å². The molecule has 0 radical (unpaired) electrons. The van der Waals surface area contributed by atoms with E-state index in [0.717, 1.165) is 10.6 Å². The zero-order valence-corrected chi connectivity index (χ0v) is 11.0. The Morgan fingerprint density at radius 3 is 3.05 bits per heavy atom. The van der Waals surface area contributed by atoms with Gasteiger partial charge in [-0.25, -0.2) is 9.78 Å². The van der Waals surface area contributed by atoms with Crippen molar-refractivity contribution in [2.24, 2.45) is 0 Å². The quantitative estimate of drug-likeness (QED) is 0.807. The van der Waals surface area contributed by atoms with Crippen LogP contribution in [-0.2, 0) is 11.3 Å². The molecule has 2 heterocycles. The van der Waals surface area contributed by atoms with Crippen molar-refractivity contribution in [3.05, 3.63) is 39.8 Å². The van der Waals surface area contributed by atoms with Gasteiger partial charge >= 0.3 is 5.97 Å². The van der Waals surface area contributed by atoms with Crippen molar-refractivity contribution in [3.8, 4) is 11.5 Å². The van der Waals surface area contributed by atoms with E-state index in [1.807, 2.05) is 6.92 Å². The zero-order valence-electron chi connectivity index (χ0n) is 10.2. The number of nitrogens with zero attached hydrogens (tertiary/aromatic N) is 1. The lowest BCUT2D eigenvalue weighted by Crippen LogP contribution is -2.05. The number of carbonyl (C=O) groups is 1. The van der Waals surface area contributed by atoms with Crippen molar-refractivity contribution in [1.82, 2.24) is 4.98 Å². The number of ether oxygens (including phenoxy) is 3. The van der Waals surface area contributed by atoms with Crippen molar-refractivity contribution in [2.75, 3.05) is 6.79 Å². The molecule has 3 rings (SSSR count). The van der Waals surface area contributed by atoms with Crippen LogP contribution in [0.4, 0.5) is 0 Å². The molecule has 5 nitrogen and oxygen atoms in total. The summed E-state index contributed by atoms with van der Waals surface area (Å²) < 4.78 is 15.7. The third-order valence-electron chi connectivity index (χ3n) is 2.79. The summed E-state index contributed by atoms with van der Waals surface area (Å²) in [6, 6.07) is 5.00.